The van der Waals surface area contributed by atoms with Crippen molar-refractivity contribution in [2.24, 2.45) is 5.92 Å². The van der Waals surface area contributed by atoms with Gasteiger partial charge in [-0.2, -0.15) is 9.84 Å². The first-order valence-corrected chi connectivity index (χ1v) is 23.2. The van der Waals surface area contributed by atoms with E-state index in [1.807, 2.05) is 36.4 Å². The van der Waals surface area contributed by atoms with Gasteiger partial charge in [-0.1, -0.05) is 122 Å². The average molecular weight is 815 g/mol. The molecule has 2 heterocycles. The number of allylic oxidation sites excluding steroid dienone is 7. The standard InChI is InChI=1S/C48H67N3O6S/c1-2-3-4-5-6-7-8-9-10-11-12-13-14-15-16-20-30-48(41-21-18-17-19-22-41)43-36-42(57-39-53)25-26-44(43)51(31-29-47(54)55)45(48)27-23-40(37-49)24-28-46-50(33-35-58-46)32-34-56-38-52/h18,21,23-28,36,38-39,41H,2-17,19-20,22,29-35H2,1H3/p+1. The fraction of sp³-hybridized carbons (Fsp3) is 0.604. The maximum absolute atomic E-state index is 12.0. The van der Waals surface area contributed by atoms with Gasteiger partial charge in [-0.15, -0.1) is 11.8 Å². The number of carboxylic acids is 1. The number of carbonyl (C=O) groups is 3. The van der Waals surface area contributed by atoms with Crippen molar-refractivity contribution in [3.8, 4) is 11.8 Å². The highest BCUT2D eigenvalue weighted by Gasteiger charge is 2.55. The summed E-state index contributed by atoms with van der Waals surface area (Å²) in [5.41, 5.74) is 2.94. The van der Waals surface area contributed by atoms with Gasteiger partial charge in [-0.3, -0.25) is 14.4 Å². The molecule has 1 aromatic carbocycles. The zero-order chi connectivity index (χ0) is 41.3. The molecule has 10 heteroatoms. The summed E-state index contributed by atoms with van der Waals surface area (Å²) in [6.45, 7) is 5.20. The second-order valence-corrected chi connectivity index (χ2v) is 17.1. The van der Waals surface area contributed by atoms with Gasteiger partial charge in [-0.25, -0.2) is 0 Å². The molecule has 2 atom stereocenters. The van der Waals surface area contributed by atoms with Gasteiger partial charge in [0.05, 0.1) is 28.6 Å². The molecule has 1 saturated heterocycles. The Morgan fingerprint density at radius 3 is 2.29 bits per heavy atom. The first-order chi connectivity index (χ1) is 28.5. The van der Waals surface area contributed by atoms with E-state index in [1.165, 1.54) is 89.9 Å². The van der Waals surface area contributed by atoms with Gasteiger partial charge >= 0.3 is 5.97 Å². The van der Waals surface area contributed by atoms with E-state index < -0.39 is 11.4 Å². The minimum atomic E-state index is -0.875. The number of aliphatic carboxylic acids is 1. The summed E-state index contributed by atoms with van der Waals surface area (Å²) < 4.78 is 12.5. The van der Waals surface area contributed by atoms with E-state index >= 15 is 0 Å². The molecule has 0 spiro atoms. The first-order valence-electron chi connectivity index (χ1n) is 22.2. The van der Waals surface area contributed by atoms with Gasteiger partial charge in [-0.05, 0) is 62.0 Å². The molecule has 2 aliphatic heterocycles. The normalized spacial score (nSPS) is 19.9. The SMILES string of the molecule is CCCCCCCCCCCCCCCCCCC1(C2C=CCCC2)C(/C=C/C(C#N)=C/C=C2\SCCN2CCOC=O)=[N+](CCC(=O)O)c2ccc(OC=O)cc21. The van der Waals surface area contributed by atoms with Crippen LogP contribution in [0.2, 0.25) is 0 Å². The molecule has 1 fully saturated rings. The van der Waals surface area contributed by atoms with Crippen LogP contribution in [-0.4, -0.2) is 71.2 Å². The number of ether oxygens (including phenoxy) is 2. The minimum Gasteiger partial charge on any atom is -0.481 e. The fourth-order valence-electron chi connectivity index (χ4n) is 8.95. The fourth-order valence-corrected chi connectivity index (χ4v) is 10.0. The quantitative estimate of drug-likeness (QED) is 0.0202. The van der Waals surface area contributed by atoms with Crippen LogP contribution in [0, 0.1) is 17.2 Å². The number of unbranched alkanes of at least 4 members (excludes halogenated alkanes) is 15. The average Bonchev–Trinajstić information content (AvgIpc) is 3.79. The summed E-state index contributed by atoms with van der Waals surface area (Å²) in [4.78, 5) is 36.4. The summed E-state index contributed by atoms with van der Waals surface area (Å²) in [5, 5.41) is 21.2. The Labute approximate surface area is 352 Å². The summed E-state index contributed by atoms with van der Waals surface area (Å²) in [6, 6.07) is 8.09. The number of benzene rings is 1. The Hall–Kier alpha value is -4.10. The van der Waals surface area contributed by atoms with E-state index in [4.69, 9.17) is 9.47 Å². The Balaban J connectivity index is 1.54. The third kappa shape index (κ3) is 14.3. The number of nitriles is 1. The number of hydrogen-bond donors (Lipinski definition) is 1. The monoisotopic (exact) mass is 814 g/mol. The van der Waals surface area contributed by atoms with Crippen molar-refractivity contribution in [1.29, 1.82) is 5.26 Å². The molecule has 3 aliphatic rings. The van der Waals surface area contributed by atoms with Crippen molar-refractivity contribution in [3.05, 3.63) is 70.8 Å². The zero-order valence-corrected chi connectivity index (χ0v) is 35.9. The predicted molar refractivity (Wildman–Crippen MR) is 234 cm³/mol. The van der Waals surface area contributed by atoms with Gasteiger partial charge in [0.1, 0.15) is 18.8 Å². The highest BCUT2D eigenvalue weighted by atomic mass is 32.2. The molecule has 0 saturated carbocycles. The van der Waals surface area contributed by atoms with Crippen molar-refractivity contribution >= 4 is 42.1 Å². The minimum absolute atomic E-state index is 0.0487. The van der Waals surface area contributed by atoms with E-state index in [0.29, 0.717) is 37.4 Å². The first kappa shape index (κ1) is 46.6. The van der Waals surface area contributed by atoms with Crippen LogP contribution >= 0.6 is 11.8 Å². The smallest absolute Gasteiger partial charge is 0.309 e. The van der Waals surface area contributed by atoms with Crippen molar-refractivity contribution < 1.29 is 33.5 Å². The Morgan fingerprint density at radius 1 is 1.00 bits per heavy atom. The molecule has 316 valence electrons. The van der Waals surface area contributed by atoms with Crippen LogP contribution in [-0.2, 0) is 24.5 Å². The number of nitrogens with zero attached hydrogens (tertiary/aromatic N) is 3. The Kier molecular flexibility index (Phi) is 21.5. The van der Waals surface area contributed by atoms with E-state index in [1.54, 1.807) is 17.8 Å². The zero-order valence-electron chi connectivity index (χ0n) is 35.1. The maximum Gasteiger partial charge on any atom is 0.309 e. The molecule has 4 rings (SSSR count). The molecule has 1 N–H and O–H groups in total. The topological polar surface area (TPSA) is 120 Å². The lowest BCUT2D eigenvalue weighted by atomic mass is 9.62. The largest absolute Gasteiger partial charge is 0.481 e. The molecule has 58 heavy (non-hydrogen) atoms. The van der Waals surface area contributed by atoms with E-state index in [9.17, 15) is 24.8 Å². The third-order valence-corrected chi connectivity index (χ3v) is 13.0. The van der Waals surface area contributed by atoms with Crippen molar-refractivity contribution in [2.75, 3.05) is 32.0 Å². The Bertz CT molecular complexity index is 1660. The molecule has 2 unspecified atom stereocenters. The summed E-state index contributed by atoms with van der Waals surface area (Å²) in [6.07, 6.45) is 36.9. The highest BCUT2D eigenvalue weighted by molar-refractivity contribution is 8.03. The van der Waals surface area contributed by atoms with Gasteiger partial charge in [0.15, 0.2) is 12.3 Å². The predicted octanol–water partition coefficient (Wildman–Crippen LogP) is 11.1. The van der Waals surface area contributed by atoms with Gasteiger partial charge < -0.3 is 19.5 Å². The lowest BCUT2D eigenvalue weighted by Gasteiger charge is -2.36. The van der Waals surface area contributed by atoms with E-state index in [0.717, 1.165) is 72.8 Å². The lowest BCUT2D eigenvalue weighted by Crippen LogP contribution is -2.42. The summed E-state index contributed by atoms with van der Waals surface area (Å²) in [5.74, 6) is 0.653. The van der Waals surface area contributed by atoms with Crippen LogP contribution in [0.5, 0.6) is 5.75 Å². The van der Waals surface area contributed by atoms with Crippen molar-refractivity contribution in [3.63, 3.8) is 0 Å². The van der Waals surface area contributed by atoms with Crippen LogP contribution in [0.3, 0.4) is 0 Å². The molecule has 9 nitrogen and oxygen atoms in total. The maximum atomic E-state index is 12.0. The second-order valence-electron chi connectivity index (χ2n) is 15.9. The number of carbonyl (C=O) groups excluding carboxylic acids is 2. The highest BCUT2D eigenvalue weighted by Crippen LogP contribution is 2.52. The molecule has 0 aromatic heterocycles. The number of fused-ring (bicyclic) bond motifs is 1. The molecule has 0 radical (unpaired) electrons. The third-order valence-electron chi connectivity index (χ3n) is 12.0. The van der Waals surface area contributed by atoms with Crippen LogP contribution in [0.4, 0.5) is 5.69 Å². The van der Waals surface area contributed by atoms with Crippen LogP contribution in [0.15, 0.2) is 65.3 Å². The second kappa shape index (κ2) is 26.8. The van der Waals surface area contributed by atoms with E-state index in [-0.39, 0.29) is 18.9 Å². The number of carboxylic acid groups (broad SMARTS) is 1. The summed E-state index contributed by atoms with van der Waals surface area (Å²) in [7, 11) is 0. The molecular weight excluding hydrogens is 747 g/mol. The molecule has 1 aromatic rings. The van der Waals surface area contributed by atoms with Crippen LogP contribution < -0.4 is 4.74 Å². The number of hydrogen-bond acceptors (Lipinski definition) is 8. The van der Waals surface area contributed by atoms with Crippen molar-refractivity contribution in [1.82, 2.24) is 4.90 Å². The van der Waals surface area contributed by atoms with Gasteiger partial charge in [0, 0.05) is 30.0 Å². The number of thioether (sulfide) groups is 1. The number of rotatable bonds is 30. The molecule has 1 aliphatic carbocycles. The Morgan fingerprint density at radius 2 is 1.69 bits per heavy atom. The van der Waals surface area contributed by atoms with Gasteiger partial charge in [0.25, 0.3) is 12.9 Å². The summed E-state index contributed by atoms with van der Waals surface area (Å²) >= 11 is 1.71. The van der Waals surface area contributed by atoms with Crippen molar-refractivity contribution in [2.45, 2.75) is 147 Å². The molecular formula is C48H68N3O6S+. The molecule has 0 amide bonds. The van der Waals surface area contributed by atoms with Gasteiger partial charge in [0.2, 0.25) is 5.69 Å². The van der Waals surface area contributed by atoms with Crippen LogP contribution in [0.1, 0.15) is 147 Å². The van der Waals surface area contributed by atoms with Crippen LogP contribution in [0.25, 0.3) is 0 Å². The van der Waals surface area contributed by atoms with E-state index in [2.05, 4.69) is 34.6 Å². The lowest BCUT2D eigenvalue weighted by molar-refractivity contribution is -0.437. The molecule has 0 bridgehead atoms.